The van der Waals surface area contributed by atoms with E-state index in [-0.39, 0.29) is 5.54 Å². The number of ether oxygens (including phenoxy) is 1. The Balaban J connectivity index is 1.78. The van der Waals surface area contributed by atoms with E-state index in [1.807, 2.05) is 30.3 Å². The fourth-order valence-electron chi connectivity index (χ4n) is 1.46. The van der Waals surface area contributed by atoms with Crippen molar-refractivity contribution < 1.29 is 9.53 Å². The second-order valence-electron chi connectivity index (χ2n) is 3.91. The average molecular weight is 203 g/mol. The highest BCUT2D eigenvalue weighted by Gasteiger charge is 2.43. The highest BCUT2D eigenvalue weighted by Crippen LogP contribution is 2.39. The lowest BCUT2D eigenvalue weighted by molar-refractivity contribution is 0.103. The van der Waals surface area contributed by atoms with Crippen LogP contribution in [0.4, 0.5) is 0 Å². The smallest absolute Gasteiger partial charge is 0.235 e. The summed E-state index contributed by atoms with van der Waals surface area (Å²) < 4.78 is 5.53. The van der Waals surface area contributed by atoms with Crippen molar-refractivity contribution in [1.82, 2.24) is 0 Å². The molecule has 0 amide bonds. The molecule has 78 valence electrons. The van der Waals surface area contributed by atoms with Gasteiger partial charge in [-0.2, -0.15) is 4.99 Å². The molecule has 1 aromatic rings. The van der Waals surface area contributed by atoms with Crippen molar-refractivity contribution in [3.05, 3.63) is 35.9 Å². The van der Waals surface area contributed by atoms with Gasteiger partial charge in [0.2, 0.25) is 6.08 Å². The fourth-order valence-corrected chi connectivity index (χ4v) is 1.46. The molecule has 1 saturated carbocycles. The standard InChI is InChI=1S/C12H13NO2/c14-10-13-12(6-7-12)9-15-8-11-4-2-1-3-5-11/h1-5H,6-9H2. The van der Waals surface area contributed by atoms with Crippen LogP contribution in [0.25, 0.3) is 0 Å². The Hall–Kier alpha value is -1.44. The molecule has 0 saturated heterocycles. The first-order valence-electron chi connectivity index (χ1n) is 5.05. The number of nitrogens with zero attached hydrogens (tertiary/aromatic N) is 1. The normalized spacial score (nSPS) is 16.8. The zero-order valence-corrected chi connectivity index (χ0v) is 8.48. The molecule has 0 atom stereocenters. The number of hydrogen-bond acceptors (Lipinski definition) is 3. The third kappa shape index (κ3) is 2.75. The molecule has 0 N–H and O–H groups in total. The molecular formula is C12H13NO2. The van der Waals surface area contributed by atoms with Gasteiger partial charge < -0.3 is 4.74 Å². The first-order chi connectivity index (χ1) is 7.35. The highest BCUT2D eigenvalue weighted by atomic mass is 16.5. The Morgan fingerprint density at radius 2 is 2.07 bits per heavy atom. The van der Waals surface area contributed by atoms with E-state index in [4.69, 9.17) is 4.74 Å². The van der Waals surface area contributed by atoms with Gasteiger partial charge in [0.25, 0.3) is 0 Å². The second kappa shape index (κ2) is 4.39. The van der Waals surface area contributed by atoms with Crippen molar-refractivity contribution in [3.8, 4) is 0 Å². The lowest BCUT2D eigenvalue weighted by Gasteiger charge is -2.08. The van der Waals surface area contributed by atoms with Crippen molar-refractivity contribution in [2.24, 2.45) is 4.99 Å². The molecule has 3 heteroatoms. The monoisotopic (exact) mass is 203 g/mol. The minimum atomic E-state index is -0.240. The number of aliphatic imine (C=N–C) groups is 1. The Kier molecular flexibility index (Phi) is 2.95. The summed E-state index contributed by atoms with van der Waals surface area (Å²) in [7, 11) is 0. The van der Waals surface area contributed by atoms with E-state index < -0.39 is 0 Å². The van der Waals surface area contributed by atoms with Gasteiger partial charge in [-0.3, -0.25) is 0 Å². The zero-order valence-electron chi connectivity index (χ0n) is 8.48. The average Bonchev–Trinajstić information content (AvgIpc) is 3.00. The molecule has 0 heterocycles. The van der Waals surface area contributed by atoms with Crippen LogP contribution in [-0.2, 0) is 16.1 Å². The van der Waals surface area contributed by atoms with E-state index >= 15 is 0 Å². The number of hydrogen-bond donors (Lipinski definition) is 0. The molecule has 1 aliphatic rings. The molecule has 1 aliphatic carbocycles. The summed E-state index contributed by atoms with van der Waals surface area (Å²) >= 11 is 0. The molecule has 0 unspecified atom stereocenters. The second-order valence-corrected chi connectivity index (χ2v) is 3.91. The summed E-state index contributed by atoms with van der Waals surface area (Å²) in [5, 5.41) is 0. The van der Waals surface area contributed by atoms with E-state index in [0.717, 1.165) is 18.4 Å². The van der Waals surface area contributed by atoms with Crippen molar-refractivity contribution in [1.29, 1.82) is 0 Å². The molecule has 0 aromatic heterocycles. The lowest BCUT2D eigenvalue weighted by Crippen LogP contribution is -2.14. The maximum absolute atomic E-state index is 10.1. The maximum atomic E-state index is 10.1. The van der Waals surface area contributed by atoms with Crippen LogP contribution in [0.15, 0.2) is 35.3 Å². The van der Waals surface area contributed by atoms with Crippen LogP contribution in [0.2, 0.25) is 0 Å². The predicted octanol–water partition coefficient (Wildman–Crippen LogP) is 2.07. The van der Waals surface area contributed by atoms with Crippen molar-refractivity contribution >= 4 is 6.08 Å². The van der Waals surface area contributed by atoms with Gasteiger partial charge in [-0.15, -0.1) is 0 Å². The van der Waals surface area contributed by atoms with Gasteiger partial charge in [0, 0.05) is 0 Å². The number of isocyanates is 1. The van der Waals surface area contributed by atoms with Crippen molar-refractivity contribution in [3.63, 3.8) is 0 Å². The van der Waals surface area contributed by atoms with E-state index in [0.29, 0.717) is 13.2 Å². The molecule has 2 rings (SSSR count). The van der Waals surface area contributed by atoms with Crippen LogP contribution in [-0.4, -0.2) is 18.2 Å². The predicted molar refractivity (Wildman–Crippen MR) is 56.2 cm³/mol. The summed E-state index contributed by atoms with van der Waals surface area (Å²) in [6.45, 7) is 1.11. The molecule has 15 heavy (non-hydrogen) atoms. The molecule has 1 aromatic carbocycles. The van der Waals surface area contributed by atoms with Crippen LogP contribution >= 0.6 is 0 Å². The van der Waals surface area contributed by atoms with Crippen molar-refractivity contribution in [2.75, 3.05) is 6.61 Å². The van der Waals surface area contributed by atoms with Crippen LogP contribution in [0, 0.1) is 0 Å². The van der Waals surface area contributed by atoms with E-state index in [2.05, 4.69) is 4.99 Å². The zero-order chi connectivity index (χ0) is 10.6. The van der Waals surface area contributed by atoms with Gasteiger partial charge in [-0.05, 0) is 18.4 Å². The Labute approximate surface area is 88.8 Å². The molecule has 0 spiro atoms. The van der Waals surface area contributed by atoms with Crippen LogP contribution in [0.5, 0.6) is 0 Å². The summed E-state index contributed by atoms with van der Waals surface area (Å²) in [6, 6.07) is 9.97. The third-order valence-electron chi connectivity index (χ3n) is 2.59. The maximum Gasteiger partial charge on any atom is 0.235 e. The molecule has 0 bridgehead atoms. The van der Waals surface area contributed by atoms with E-state index in [9.17, 15) is 4.79 Å². The van der Waals surface area contributed by atoms with E-state index in [1.165, 1.54) is 0 Å². The van der Waals surface area contributed by atoms with Gasteiger partial charge in [0.1, 0.15) is 0 Å². The van der Waals surface area contributed by atoms with Crippen LogP contribution in [0.3, 0.4) is 0 Å². The molecule has 3 nitrogen and oxygen atoms in total. The van der Waals surface area contributed by atoms with Gasteiger partial charge in [0.05, 0.1) is 18.8 Å². The number of benzene rings is 1. The van der Waals surface area contributed by atoms with Crippen LogP contribution < -0.4 is 0 Å². The minimum absolute atomic E-state index is 0.240. The Morgan fingerprint density at radius 1 is 1.33 bits per heavy atom. The fraction of sp³-hybridized carbons (Fsp3) is 0.417. The Morgan fingerprint density at radius 3 is 2.67 bits per heavy atom. The summed E-state index contributed by atoms with van der Waals surface area (Å²) in [5.41, 5.74) is 0.902. The molecule has 0 aliphatic heterocycles. The Bertz CT molecular complexity index is 364. The number of carbonyl (C=O) groups excluding carboxylic acids is 1. The summed E-state index contributed by atoms with van der Waals surface area (Å²) in [5.74, 6) is 0. The minimum Gasteiger partial charge on any atom is -0.374 e. The third-order valence-corrected chi connectivity index (χ3v) is 2.59. The molecule has 1 fully saturated rings. The van der Waals surface area contributed by atoms with Gasteiger partial charge in [0.15, 0.2) is 0 Å². The molecular weight excluding hydrogens is 190 g/mol. The largest absolute Gasteiger partial charge is 0.374 e. The summed E-state index contributed by atoms with van der Waals surface area (Å²) in [4.78, 5) is 13.9. The van der Waals surface area contributed by atoms with Crippen molar-refractivity contribution in [2.45, 2.75) is 25.0 Å². The van der Waals surface area contributed by atoms with Gasteiger partial charge in [-0.25, -0.2) is 4.79 Å². The SMILES string of the molecule is O=C=NC1(COCc2ccccc2)CC1. The van der Waals surface area contributed by atoms with Gasteiger partial charge >= 0.3 is 0 Å². The number of rotatable bonds is 5. The van der Waals surface area contributed by atoms with Crippen LogP contribution in [0.1, 0.15) is 18.4 Å². The summed E-state index contributed by atoms with van der Waals surface area (Å²) in [6.07, 6.45) is 3.50. The lowest BCUT2D eigenvalue weighted by atomic mass is 10.2. The quantitative estimate of drug-likeness (QED) is 0.542. The molecule has 0 radical (unpaired) electrons. The topological polar surface area (TPSA) is 38.7 Å². The first kappa shape index (κ1) is 10.1. The van der Waals surface area contributed by atoms with E-state index in [1.54, 1.807) is 6.08 Å². The first-order valence-corrected chi connectivity index (χ1v) is 5.05. The van der Waals surface area contributed by atoms with Gasteiger partial charge in [-0.1, -0.05) is 30.3 Å². The highest BCUT2D eigenvalue weighted by molar-refractivity contribution is 5.36.